The molecule has 0 bridgehead atoms. The summed E-state index contributed by atoms with van der Waals surface area (Å²) in [6, 6.07) is 0.0619. The van der Waals surface area contributed by atoms with Gasteiger partial charge >= 0.3 is 0 Å². The zero-order valence-corrected chi connectivity index (χ0v) is 9.81. The Morgan fingerprint density at radius 3 is 2.93 bits per heavy atom. The third kappa shape index (κ3) is 2.81. The zero-order chi connectivity index (χ0) is 11.3. The highest BCUT2D eigenvalue weighted by Gasteiger charge is 2.40. The van der Waals surface area contributed by atoms with Crippen molar-refractivity contribution in [2.75, 3.05) is 13.1 Å². The number of hydrogen-bond acceptors (Lipinski definition) is 2. The van der Waals surface area contributed by atoms with Crippen molar-refractivity contribution in [3.8, 4) is 0 Å². The van der Waals surface area contributed by atoms with E-state index >= 15 is 0 Å². The minimum absolute atomic E-state index is 0.0619. The zero-order valence-electron chi connectivity index (χ0n) is 9.81. The van der Waals surface area contributed by atoms with Crippen LogP contribution in [0.5, 0.6) is 0 Å². The van der Waals surface area contributed by atoms with E-state index in [4.69, 9.17) is 0 Å². The van der Waals surface area contributed by atoms with Gasteiger partial charge in [-0.05, 0) is 26.3 Å². The van der Waals surface area contributed by atoms with Gasteiger partial charge in [0.1, 0.15) is 0 Å². The van der Waals surface area contributed by atoms with Gasteiger partial charge in [0.15, 0.2) is 0 Å². The quantitative estimate of drug-likeness (QED) is 0.674. The summed E-state index contributed by atoms with van der Waals surface area (Å²) < 4.78 is 0. The molecule has 1 fully saturated rings. The summed E-state index contributed by atoms with van der Waals surface area (Å²) in [6.07, 6.45) is 4.74. The normalized spacial score (nSPS) is 27.3. The van der Waals surface area contributed by atoms with Gasteiger partial charge < -0.3 is 10.6 Å². The van der Waals surface area contributed by atoms with Crippen LogP contribution in [0.3, 0.4) is 0 Å². The highest BCUT2D eigenvalue weighted by molar-refractivity contribution is 5.83. The van der Waals surface area contributed by atoms with Crippen LogP contribution in [0.4, 0.5) is 0 Å². The maximum Gasteiger partial charge on any atom is 0.228 e. The van der Waals surface area contributed by atoms with E-state index in [1.54, 1.807) is 6.08 Å². The van der Waals surface area contributed by atoms with Crippen molar-refractivity contribution in [3.05, 3.63) is 12.7 Å². The summed E-state index contributed by atoms with van der Waals surface area (Å²) in [4.78, 5) is 12.1. The molecule has 1 aliphatic heterocycles. The van der Waals surface area contributed by atoms with E-state index in [1.165, 1.54) is 0 Å². The van der Waals surface area contributed by atoms with Crippen molar-refractivity contribution in [1.29, 1.82) is 0 Å². The molecule has 0 spiro atoms. The molecule has 2 N–H and O–H groups in total. The van der Waals surface area contributed by atoms with E-state index in [1.807, 2.05) is 6.92 Å². The van der Waals surface area contributed by atoms with Gasteiger partial charge in [-0.2, -0.15) is 0 Å². The summed E-state index contributed by atoms with van der Waals surface area (Å²) in [5.74, 6) is 0.182. The molecule has 1 saturated heterocycles. The standard InChI is InChI=1S/C12H22N2O/c1-4-6-12(7-8-13-9-12)11(15)14-10(3)5-2/h5,10,13H,2,4,6-9H2,1,3H3,(H,14,15). The van der Waals surface area contributed by atoms with Gasteiger partial charge in [-0.3, -0.25) is 4.79 Å². The Hall–Kier alpha value is -0.830. The second-order valence-corrected chi connectivity index (χ2v) is 4.45. The van der Waals surface area contributed by atoms with Crippen LogP contribution in [0.1, 0.15) is 33.1 Å². The largest absolute Gasteiger partial charge is 0.350 e. The molecule has 3 heteroatoms. The Morgan fingerprint density at radius 1 is 1.73 bits per heavy atom. The van der Waals surface area contributed by atoms with Gasteiger partial charge in [-0.15, -0.1) is 6.58 Å². The van der Waals surface area contributed by atoms with Crippen LogP contribution in [0.2, 0.25) is 0 Å². The molecule has 1 amide bonds. The van der Waals surface area contributed by atoms with Crippen LogP contribution in [0.15, 0.2) is 12.7 Å². The lowest BCUT2D eigenvalue weighted by Gasteiger charge is -2.27. The van der Waals surface area contributed by atoms with E-state index in [2.05, 4.69) is 24.1 Å². The molecule has 0 aromatic rings. The molecule has 0 aromatic carbocycles. The first-order valence-corrected chi connectivity index (χ1v) is 5.79. The van der Waals surface area contributed by atoms with Crippen LogP contribution >= 0.6 is 0 Å². The summed E-state index contributed by atoms with van der Waals surface area (Å²) in [6.45, 7) is 9.53. The van der Waals surface area contributed by atoms with Crippen LogP contribution < -0.4 is 10.6 Å². The smallest absolute Gasteiger partial charge is 0.228 e. The van der Waals surface area contributed by atoms with Crippen LogP contribution in [-0.2, 0) is 4.79 Å². The monoisotopic (exact) mass is 210 g/mol. The minimum Gasteiger partial charge on any atom is -0.350 e. The molecule has 0 radical (unpaired) electrons. The first kappa shape index (κ1) is 12.2. The fourth-order valence-corrected chi connectivity index (χ4v) is 2.16. The minimum atomic E-state index is -0.175. The van der Waals surface area contributed by atoms with Gasteiger partial charge in [-0.25, -0.2) is 0 Å². The van der Waals surface area contributed by atoms with Crippen LogP contribution in [-0.4, -0.2) is 25.0 Å². The Kier molecular flexibility index (Phi) is 4.33. The number of rotatable bonds is 5. The number of carbonyl (C=O) groups is 1. The van der Waals surface area contributed by atoms with Crippen molar-refractivity contribution in [3.63, 3.8) is 0 Å². The molecule has 0 aromatic heterocycles. The van der Waals surface area contributed by atoms with E-state index < -0.39 is 0 Å². The van der Waals surface area contributed by atoms with Crippen molar-refractivity contribution in [2.24, 2.45) is 5.41 Å². The molecule has 2 atom stereocenters. The molecular weight excluding hydrogens is 188 g/mol. The van der Waals surface area contributed by atoms with Crippen molar-refractivity contribution < 1.29 is 4.79 Å². The van der Waals surface area contributed by atoms with Crippen LogP contribution in [0, 0.1) is 5.41 Å². The molecule has 1 heterocycles. The third-order valence-corrected chi connectivity index (χ3v) is 3.17. The second kappa shape index (κ2) is 5.31. The molecular formula is C12H22N2O. The lowest BCUT2D eigenvalue weighted by molar-refractivity contribution is -0.130. The Morgan fingerprint density at radius 2 is 2.47 bits per heavy atom. The highest BCUT2D eigenvalue weighted by Crippen LogP contribution is 2.31. The van der Waals surface area contributed by atoms with Gasteiger partial charge in [-0.1, -0.05) is 19.4 Å². The maximum atomic E-state index is 12.1. The average molecular weight is 210 g/mol. The predicted molar refractivity (Wildman–Crippen MR) is 62.6 cm³/mol. The van der Waals surface area contributed by atoms with E-state index in [0.717, 1.165) is 32.4 Å². The number of nitrogens with one attached hydrogen (secondary N) is 2. The van der Waals surface area contributed by atoms with E-state index in [0.29, 0.717) is 0 Å². The summed E-state index contributed by atoms with van der Waals surface area (Å²) in [5.41, 5.74) is -0.175. The fraction of sp³-hybridized carbons (Fsp3) is 0.750. The van der Waals surface area contributed by atoms with E-state index in [-0.39, 0.29) is 17.4 Å². The van der Waals surface area contributed by atoms with Gasteiger partial charge in [0, 0.05) is 12.6 Å². The molecule has 15 heavy (non-hydrogen) atoms. The molecule has 0 saturated carbocycles. The first-order chi connectivity index (χ1) is 7.14. The SMILES string of the molecule is C=CC(C)NC(=O)C1(CCC)CCNC1. The van der Waals surface area contributed by atoms with Crippen molar-refractivity contribution in [2.45, 2.75) is 39.2 Å². The molecule has 2 unspecified atom stereocenters. The van der Waals surface area contributed by atoms with Crippen LogP contribution in [0.25, 0.3) is 0 Å². The lowest BCUT2D eigenvalue weighted by atomic mass is 9.81. The molecule has 1 aliphatic rings. The Labute approximate surface area is 92.3 Å². The number of amides is 1. The van der Waals surface area contributed by atoms with Gasteiger partial charge in [0.2, 0.25) is 5.91 Å². The first-order valence-electron chi connectivity index (χ1n) is 5.79. The number of hydrogen-bond donors (Lipinski definition) is 2. The third-order valence-electron chi connectivity index (χ3n) is 3.17. The topological polar surface area (TPSA) is 41.1 Å². The van der Waals surface area contributed by atoms with Gasteiger partial charge in [0.05, 0.1) is 5.41 Å². The fourth-order valence-electron chi connectivity index (χ4n) is 2.16. The van der Waals surface area contributed by atoms with E-state index in [9.17, 15) is 4.79 Å². The molecule has 1 rings (SSSR count). The number of carbonyl (C=O) groups excluding carboxylic acids is 1. The summed E-state index contributed by atoms with van der Waals surface area (Å²) in [5, 5.41) is 6.28. The summed E-state index contributed by atoms with van der Waals surface area (Å²) >= 11 is 0. The molecule has 3 nitrogen and oxygen atoms in total. The Balaban J connectivity index is 2.63. The second-order valence-electron chi connectivity index (χ2n) is 4.45. The highest BCUT2D eigenvalue weighted by atomic mass is 16.2. The lowest BCUT2D eigenvalue weighted by Crippen LogP contribution is -2.45. The molecule has 86 valence electrons. The maximum absolute atomic E-state index is 12.1. The average Bonchev–Trinajstić information content (AvgIpc) is 2.68. The predicted octanol–water partition coefficient (Wildman–Crippen LogP) is 1.46. The molecule has 0 aliphatic carbocycles. The van der Waals surface area contributed by atoms with Crippen molar-refractivity contribution >= 4 is 5.91 Å². The van der Waals surface area contributed by atoms with Gasteiger partial charge in [0.25, 0.3) is 0 Å². The Bertz CT molecular complexity index is 232. The van der Waals surface area contributed by atoms with Crippen molar-refractivity contribution in [1.82, 2.24) is 10.6 Å². The summed E-state index contributed by atoms with van der Waals surface area (Å²) in [7, 11) is 0.